The molecule has 3 fully saturated rings. The molecule has 164 valence electrons. The van der Waals surface area contributed by atoms with Gasteiger partial charge in [-0.3, -0.25) is 9.59 Å². The highest BCUT2D eigenvalue weighted by atomic mass is 19.1. The van der Waals surface area contributed by atoms with E-state index < -0.39 is 0 Å². The maximum absolute atomic E-state index is 13.0. The Morgan fingerprint density at radius 2 is 1.57 bits per heavy atom. The molecule has 1 saturated carbocycles. The van der Waals surface area contributed by atoms with Crippen LogP contribution in [-0.4, -0.2) is 68.6 Å². The van der Waals surface area contributed by atoms with Gasteiger partial charge in [0, 0.05) is 18.3 Å². The van der Waals surface area contributed by atoms with E-state index >= 15 is 0 Å². The van der Waals surface area contributed by atoms with Crippen LogP contribution in [0.25, 0.3) is 0 Å². The first-order valence-electron chi connectivity index (χ1n) is 11.6. The van der Waals surface area contributed by atoms with Gasteiger partial charge in [0.1, 0.15) is 32.0 Å². The molecule has 4 rings (SSSR count). The standard InChI is InChI=1S/C23H33FN4O2/c24-19-7-9-20(10-8-19)25-22(29)16-26-12-14-27(15-13-26)17-23(30)28-11-3-5-18-4-1-2-6-21(18)28/h7-10,18,21H,1-6,11-17H2,(H,25,29)/p+2/t18-,21+/m1/s1. The Morgan fingerprint density at radius 1 is 0.933 bits per heavy atom. The van der Waals surface area contributed by atoms with Crippen LogP contribution in [0.4, 0.5) is 10.1 Å². The van der Waals surface area contributed by atoms with Gasteiger partial charge < -0.3 is 20.0 Å². The van der Waals surface area contributed by atoms with Gasteiger partial charge in [-0.2, -0.15) is 0 Å². The molecule has 7 heteroatoms. The Labute approximate surface area is 178 Å². The predicted octanol–water partition coefficient (Wildman–Crippen LogP) is -0.271. The van der Waals surface area contributed by atoms with Crippen LogP contribution in [0, 0.1) is 11.7 Å². The summed E-state index contributed by atoms with van der Waals surface area (Å²) in [5.41, 5.74) is 0.623. The molecule has 2 amide bonds. The van der Waals surface area contributed by atoms with Crippen LogP contribution in [0.2, 0.25) is 0 Å². The van der Waals surface area contributed by atoms with Gasteiger partial charge in [-0.05, 0) is 55.9 Å². The lowest BCUT2D eigenvalue weighted by Gasteiger charge is -2.44. The second kappa shape index (κ2) is 9.88. The van der Waals surface area contributed by atoms with Crippen LogP contribution in [0.15, 0.2) is 24.3 Å². The molecule has 0 unspecified atom stereocenters. The van der Waals surface area contributed by atoms with Gasteiger partial charge in [0.15, 0.2) is 13.1 Å². The molecule has 0 spiro atoms. The highest BCUT2D eigenvalue weighted by Gasteiger charge is 2.37. The first kappa shape index (κ1) is 21.2. The quantitative estimate of drug-likeness (QED) is 0.617. The topological polar surface area (TPSA) is 58.3 Å². The molecule has 0 bridgehead atoms. The number of hydrogen-bond donors (Lipinski definition) is 3. The Balaban J connectivity index is 1.20. The van der Waals surface area contributed by atoms with E-state index in [0.717, 1.165) is 45.1 Å². The number of nitrogens with one attached hydrogen (secondary N) is 3. The van der Waals surface area contributed by atoms with Crippen LogP contribution < -0.4 is 15.1 Å². The molecule has 2 saturated heterocycles. The number of benzene rings is 1. The summed E-state index contributed by atoms with van der Waals surface area (Å²) >= 11 is 0. The molecular weight excluding hydrogens is 383 g/mol. The zero-order valence-corrected chi connectivity index (χ0v) is 17.8. The van der Waals surface area contributed by atoms with Crippen LogP contribution >= 0.6 is 0 Å². The van der Waals surface area contributed by atoms with Crippen molar-refractivity contribution in [3.63, 3.8) is 0 Å². The number of piperazine rings is 1. The number of quaternary nitrogens is 2. The largest absolute Gasteiger partial charge is 0.335 e. The van der Waals surface area contributed by atoms with Crippen molar-refractivity contribution in [3.05, 3.63) is 30.1 Å². The second-order valence-electron chi connectivity index (χ2n) is 9.25. The SMILES string of the molecule is O=C(C[NH+]1CC[NH+](CC(=O)N2CCC[C@H]3CCCC[C@@H]32)CC1)Nc1ccc(F)cc1. The van der Waals surface area contributed by atoms with Crippen molar-refractivity contribution in [2.24, 2.45) is 5.92 Å². The van der Waals surface area contributed by atoms with Crippen molar-refractivity contribution in [2.45, 2.75) is 44.6 Å². The van der Waals surface area contributed by atoms with Crippen LogP contribution in [-0.2, 0) is 9.59 Å². The van der Waals surface area contributed by atoms with Crippen LogP contribution in [0.1, 0.15) is 38.5 Å². The summed E-state index contributed by atoms with van der Waals surface area (Å²) in [6.07, 6.45) is 7.52. The van der Waals surface area contributed by atoms with E-state index in [1.807, 2.05) is 0 Å². The Hall–Kier alpha value is -1.99. The highest BCUT2D eigenvalue weighted by Crippen LogP contribution is 2.35. The van der Waals surface area contributed by atoms with E-state index in [1.165, 1.54) is 54.0 Å². The van der Waals surface area contributed by atoms with Gasteiger partial charge in [0.05, 0.1) is 0 Å². The normalized spacial score (nSPS) is 29.2. The molecule has 30 heavy (non-hydrogen) atoms. The number of hydrogen-bond acceptors (Lipinski definition) is 2. The van der Waals surface area contributed by atoms with Crippen molar-refractivity contribution in [1.82, 2.24) is 4.90 Å². The summed E-state index contributed by atoms with van der Waals surface area (Å²) in [4.78, 5) is 30.1. The number of carbonyl (C=O) groups excluding carboxylic acids is 2. The zero-order valence-electron chi connectivity index (χ0n) is 17.8. The maximum atomic E-state index is 13.0. The van der Waals surface area contributed by atoms with E-state index in [0.29, 0.717) is 30.7 Å². The monoisotopic (exact) mass is 418 g/mol. The van der Waals surface area contributed by atoms with Gasteiger partial charge in [-0.1, -0.05) is 12.8 Å². The molecule has 2 heterocycles. The fourth-order valence-corrected chi connectivity index (χ4v) is 5.53. The number of fused-ring (bicyclic) bond motifs is 1. The molecular formula is C23H35FN4O2+2. The molecule has 0 radical (unpaired) electrons. The number of rotatable bonds is 5. The Morgan fingerprint density at radius 3 is 2.30 bits per heavy atom. The molecule has 2 atom stereocenters. The van der Waals surface area contributed by atoms with E-state index in [9.17, 15) is 14.0 Å². The average Bonchev–Trinajstić information content (AvgIpc) is 2.76. The van der Waals surface area contributed by atoms with E-state index in [1.54, 1.807) is 12.1 Å². The third-order valence-corrected chi connectivity index (χ3v) is 7.17. The number of carbonyl (C=O) groups is 2. The molecule has 1 aromatic carbocycles. The third-order valence-electron chi connectivity index (χ3n) is 7.17. The second-order valence-corrected chi connectivity index (χ2v) is 9.25. The number of likely N-dealkylation sites (tertiary alicyclic amines) is 1. The summed E-state index contributed by atoms with van der Waals surface area (Å²) in [5.74, 6) is 0.704. The molecule has 6 nitrogen and oxygen atoms in total. The maximum Gasteiger partial charge on any atom is 0.279 e. The van der Waals surface area contributed by atoms with Crippen molar-refractivity contribution in [2.75, 3.05) is 51.1 Å². The number of halogens is 1. The summed E-state index contributed by atoms with van der Waals surface area (Å²) < 4.78 is 13.0. The van der Waals surface area contributed by atoms with Gasteiger partial charge in [-0.15, -0.1) is 0 Å². The minimum Gasteiger partial charge on any atom is -0.335 e. The van der Waals surface area contributed by atoms with Gasteiger partial charge in [0.2, 0.25) is 0 Å². The third kappa shape index (κ3) is 5.38. The predicted molar refractivity (Wildman–Crippen MR) is 113 cm³/mol. The zero-order chi connectivity index (χ0) is 20.9. The number of piperidine rings is 1. The lowest BCUT2D eigenvalue weighted by atomic mass is 9.78. The number of amides is 2. The van der Waals surface area contributed by atoms with Crippen molar-refractivity contribution in [1.29, 1.82) is 0 Å². The summed E-state index contributed by atoms with van der Waals surface area (Å²) in [7, 11) is 0. The first-order valence-corrected chi connectivity index (χ1v) is 11.6. The van der Waals surface area contributed by atoms with Gasteiger partial charge in [0.25, 0.3) is 11.8 Å². The average molecular weight is 419 g/mol. The van der Waals surface area contributed by atoms with Crippen molar-refractivity contribution in [3.8, 4) is 0 Å². The molecule has 1 aromatic rings. The minimum atomic E-state index is -0.309. The highest BCUT2D eigenvalue weighted by molar-refractivity contribution is 5.91. The fourth-order valence-electron chi connectivity index (χ4n) is 5.53. The lowest BCUT2D eigenvalue weighted by Crippen LogP contribution is -3.28. The van der Waals surface area contributed by atoms with Crippen molar-refractivity contribution < 1.29 is 23.8 Å². The van der Waals surface area contributed by atoms with Gasteiger partial charge in [-0.25, -0.2) is 4.39 Å². The summed E-state index contributed by atoms with van der Waals surface area (Å²) in [5, 5.41) is 2.84. The fraction of sp³-hybridized carbons (Fsp3) is 0.652. The molecule has 2 aliphatic heterocycles. The smallest absolute Gasteiger partial charge is 0.279 e. The number of nitrogens with zero attached hydrogens (tertiary/aromatic N) is 1. The summed E-state index contributed by atoms with van der Waals surface area (Å²) in [6, 6.07) is 6.34. The molecule has 3 N–H and O–H groups in total. The molecule has 1 aliphatic carbocycles. The molecule has 0 aromatic heterocycles. The minimum absolute atomic E-state index is 0.0483. The van der Waals surface area contributed by atoms with E-state index in [-0.39, 0.29) is 11.7 Å². The van der Waals surface area contributed by atoms with E-state index in [2.05, 4.69) is 10.2 Å². The number of anilines is 1. The first-order chi connectivity index (χ1) is 14.6. The van der Waals surface area contributed by atoms with Crippen LogP contribution in [0.3, 0.4) is 0 Å². The Bertz CT molecular complexity index is 731. The van der Waals surface area contributed by atoms with Crippen LogP contribution in [0.5, 0.6) is 0 Å². The van der Waals surface area contributed by atoms with Crippen molar-refractivity contribution >= 4 is 17.5 Å². The Kier molecular flexibility index (Phi) is 7.00. The van der Waals surface area contributed by atoms with Gasteiger partial charge >= 0.3 is 0 Å². The summed E-state index contributed by atoms with van der Waals surface area (Å²) in [6.45, 7) is 5.58. The molecule has 3 aliphatic rings. The van der Waals surface area contributed by atoms with E-state index in [4.69, 9.17) is 0 Å². The lowest BCUT2D eigenvalue weighted by molar-refractivity contribution is -1.00.